The molecule has 1 fully saturated rings. The van der Waals surface area contributed by atoms with Crippen LogP contribution < -0.4 is 10.7 Å². The number of rotatable bonds is 9. The zero-order valence-corrected chi connectivity index (χ0v) is 18.8. The second-order valence-corrected chi connectivity index (χ2v) is 8.69. The summed E-state index contributed by atoms with van der Waals surface area (Å²) in [5, 5.41) is 15.5. The van der Waals surface area contributed by atoms with Crippen LogP contribution in [0.3, 0.4) is 0 Å². The molecule has 0 spiro atoms. The maximum absolute atomic E-state index is 12.6. The minimum absolute atomic E-state index is 0.192. The van der Waals surface area contributed by atoms with Crippen LogP contribution in [-0.4, -0.2) is 33.3 Å². The highest BCUT2D eigenvalue weighted by atomic mass is 16.2. The van der Waals surface area contributed by atoms with Crippen LogP contribution >= 0.6 is 0 Å². The first-order valence-corrected chi connectivity index (χ1v) is 11.5. The summed E-state index contributed by atoms with van der Waals surface area (Å²) in [7, 11) is 0. The van der Waals surface area contributed by atoms with Gasteiger partial charge in [-0.25, -0.2) is 5.43 Å². The molecular formula is C26H28N6O. The van der Waals surface area contributed by atoms with E-state index >= 15 is 0 Å². The number of nitrogens with one attached hydrogen (secondary N) is 3. The van der Waals surface area contributed by atoms with Gasteiger partial charge in [-0.3, -0.25) is 4.79 Å². The van der Waals surface area contributed by atoms with E-state index in [1.807, 2.05) is 18.2 Å². The molecule has 0 saturated heterocycles. The number of nitrogens with zero attached hydrogens (tertiary/aromatic N) is 3. The maximum Gasteiger partial charge on any atom is 0.273 e. The summed E-state index contributed by atoms with van der Waals surface area (Å²) in [6.07, 6.45) is 9.68. The first-order chi connectivity index (χ1) is 16.2. The molecule has 1 aliphatic carbocycles. The van der Waals surface area contributed by atoms with E-state index in [9.17, 15) is 4.79 Å². The molecule has 3 heterocycles. The Morgan fingerprint density at radius 3 is 2.76 bits per heavy atom. The van der Waals surface area contributed by atoms with E-state index in [1.165, 1.54) is 35.2 Å². The topological polar surface area (TPSA) is 95.1 Å². The van der Waals surface area contributed by atoms with Gasteiger partial charge in [0.15, 0.2) is 0 Å². The lowest BCUT2D eigenvalue weighted by molar-refractivity contribution is -0.116. The molecule has 3 aromatic rings. The standard InChI is InChI=1S/C26H28N6O/c1-17-21(8-5-12-27-15-18-6-3-2-4-7-18)24(19-9-10-19)23(30-17)14-22-25(31-32-26(22)33)20-11-13-28-29-16-20/h2-4,6-7,11,13-14,16,19,27,30H,5,8-10,12,15H2,1H3,(H,32,33)/b22-14+. The first-order valence-electron chi connectivity index (χ1n) is 11.5. The van der Waals surface area contributed by atoms with Crippen molar-refractivity contribution in [2.45, 2.75) is 45.1 Å². The summed E-state index contributed by atoms with van der Waals surface area (Å²) < 4.78 is 0. The van der Waals surface area contributed by atoms with Gasteiger partial charge >= 0.3 is 0 Å². The molecule has 1 aromatic carbocycles. The predicted octanol–water partition coefficient (Wildman–Crippen LogP) is 3.63. The van der Waals surface area contributed by atoms with E-state index in [4.69, 9.17) is 0 Å². The third-order valence-electron chi connectivity index (χ3n) is 6.24. The Kier molecular flexibility index (Phi) is 6.13. The SMILES string of the molecule is Cc1[nH]c(/C=C2/C(=O)NN=C2c2ccnnc2)c(C2CC2)c1CCCNCc1ccccc1. The fourth-order valence-electron chi connectivity index (χ4n) is 4.47. The molecule has 0 unspecified atom stereocenters. The number of amides is 1. The molecule has 0 radical (unpaired) electrons. The lowest BCUT2D eigenvalue weighted by atomic mass is 9.97. The van der Waals surface area contributed by atoms with Crippen molar-refractivity contribution in [2.75, 3.05) is 6.54 Å². The van der Waals surface area contributed by atoms with E-state index in [0.29, 0.717) is 17.2 Å². The molecule has 33 heavy (non-hydrogen) atoms. The summed E-state index contributed by atoms with van der Waals surface area (Å²) in [6.45, 7) is 3.99. The van der Waals surface area contributed by atoms with Gasteiger partial charge in [-0.05, 0) is 73.9 Å². The van der Waals surface area contributed by atoms with E-state index in [-0.39, 0.29) is 5.91 Å². The number of carbonyl (C=O) groups excluding carboxylic acids is 1. The lowest BCUT2D eigenvalue weighted by Crippen LogP contribution is -2.15. The Morgan fingerprint density at radius 1 is 1.15 bits per heavy atom. The van der Waals surface area contributed by atoms with E-state index in [1.54, 1.807) is 12.4 Å². The van der Waals surface area contributed by atoms with Crippen molar-refractivity contribution in [2.24, 2.45) is 5.10 Å². The van der Waals surface area contributed by atoms with E-state index < -0.39 is 0 Å². The molecule has 7 heteroatoms. The number of H-pyrrole nitrogens is 1. The number of carbonyl (C=O) groups is 1. The number of hydrogen-bond donors (Lipinski definition) is 3. The summed E-state index contributed by atoms with van der Waals surface area (Å²) in [6, 6.07) is 12.3. The largest absolute Gasteiger partial charge is 0.359 e. The Bertz CT molecular complexity index is 1190. The van der Waals surface area contributed by atoms with Crippen LogP contribution in [-0.2, 0) is 17.8 Å². The van der Waals surface area contributed by atoms with Crippen molar-refractivity contribution in [1.82, 2.24) is 25.9 Å². The quantitative estimate of drug-likeness (QED) is 0.350. The third kappa shape index (κ3) is 4.78. The Morgan fingerprint density at radius 2 is 2.00 bits per heavy atom. The summed E-state index contributed by atoms with van der Waals surface area (Å²) in [5.74, 6) is 0.379. The van der Waals surface area contributed by atoms with Gasteiger partial charge in [0.05, 0.1) is 18.0 Å². The van der Waals surface area contributed by atoms with Gasteiger partial charge in [-0.1, -0.05) is 30.3 Å². The molecule has 1 amide bonds. The summed E-state index contributed by atoms with van der Waals surface area (Å²) in [4.78, 5) is 16.1. The fraction of sp³-hybridized carbons (Fsp3) is 0.308. The zero-order chi connectivity index (χ0) is 22.6. The zero-order valence-electron chi connectivity index (χ0n) is 18.8. The normalized spacial score (nSPS) is 16.8. The number of aromatic amines is 1. The maximum atomic E-state index is 12.6. The average Bonchev–Trinajstić information content (AvgIpc) is 3.55. The first kappa shape index (κ1) is 21.3. The highest BCUT2D eigenvalue weighted by molar-refractivity contribution is 6.33. The Hall–Kier alpha value is -3.58. The fourth-order valence-corrected chi connectivity index (χ4v) is 4.47. The monoisotopic (exact) mass is 440 g/mol. The minimum atomic E-state index is -0.192. The van der Waals surface area contributed by atoms with Crippen molar-refractivity contribution in [3.63, 3.8) is 0 Å². The number of aryl methyl sites for hydroxylation is 1. The molecule has 7 nitrogen and oxygen atoms in total. The number of hydrogen-bond acceptors (Lipinski definition) is 5. The Labute approximate surface area is 193 Å². The van der Waals surface area contributed by atoms with Gasteiger partial charge in [0.2, 0.25) is 0 Å². The van der Waals surface area contributed by atoms with Crippen LogP contribution in [0.5, 0.6) is 0 Å². The molecule has 1 saturated carbocycles. The van der Waals surface area contributed by atoms with Crippen molar-refractivity contribution in [1.29, 1.82) is 0 Å². The third-order valence-corrected chi connectivity index (χ3v) is 6.24. The van der Waals surface area contributed by atoms with Crippen molar-refractivity contribution in [3.05, 3.63) is 88.0 Å². The molecule has 168 valence electrons. The van der Waals surface area contributed by atoms with Gasteiger partial charge in [0.25, 0.3) is 5.91 Å². The molecule has 2 aromatic heterocycles. The molecule has 0 atom stereocenters. The highest BCUT2D eigenvalue weighted by Crippen LogP contribution is 2.45. The van der Waals surface area contributed by atoms with Gasteiger partial charge in [-0.15, -0.1) is 0 Å². The van der Waals surface area contributed by atoms with Crippen molar-refractivity contribution >= 4 is 17.7 Å². The lowest BCUT2D eigenvalue weighted by Gasteiger charge is -2.08. The van der Waals surface area contributed by atoms with Crippen LogP contribution in [0.1, 0.15) is 58.8 Å². The second-order valence-electron chi connectivity index (χ2n) is 8.69. The summed E-state index contributed by atoms with van der Waals surface area (Å²) in [5.41, 5.74) is 10.8. The van der Waals surface area contributed by atoms with Crippen LogP contribution in [0, 0.1) is 6.92 Å². The van der Waals surface area contributed by atoms with Crippen molar-refractivity contribution < 1.29 is 4.79 Å². The highest BCUT2D eigenvalue weighted by Gasteiger charge is 2.32. The predicted molar refractivity (Wildman–Crippen MR) is 129 cm³/mol. The smallest absolute Gasteiger partial charge is 0.273 e. The number of aromatic nitrogens is 3. The van der Waals surface area contributed by atoms with Crippen LogP contribution in [0.15, 0.2) is 59.5 Å². The van der Waals surface area contributed by atoms with E-state index in [0.717, 1.165) is 37.2 Å². The molecule has 2 aliphatic rings. The second kappa shape index (κ2) is 9.50. The number of hydrazone groups is 1. The van der Waals surface area contributed by atoms with Gasteiger partial charge in [0.1, 0.15) is 5.71 Å². The van der Waals surface area contributed by atoms with Crippen LogP contribution in [0.2, 0.25) is 0 Å². The molecule has 5 rings (SSSR count). The molecular weight excluding hydrogens is 412 g/mol. The summed E-state index contributed by atoms with van der Waals surface area (Å²) >= 11 is 0. The molecule has 1 aliphatic heterocycles. The van der Waals surface area contributed by atoms with Crippen LogP contribution in [0.4, 0.5) is 0 Å². The minimum Gasteiger partial charge on any atom is -0.359 e. The number of benzene rings is 1. The Balaban J connectivity index is 1.32. The van der Waals surface area contributed by atoms with E-state index in [2.05, 4.69) is 62.2 Å². The average molecular weight is 441 g/mol. The molecule has 0 bridgehead atoms. The molecule has 3 N–H and O–H groups in total. The van der Waals surface area contributed by atoms with Crippen molar-refractivity contribution in [3.8, 4) is 0 Å². The van der Waals surface area contributed by atoms with Gasteiger partial charge in [-0.2, -0.15) is 15.3 Å². The van der Waals surface area contributed by atoms with Gasteiger partial charge < -0.3 is 10.3 Å². The van der Waals surface area contributed by atoms with Crippen LogP contribution in [0.25, 0.3) is 6.08 Å². The van der Waals surface area contributed by atoms with Gasteiger partial charge in [0, 0.05) is 23.5 Å².